The topological polar surface area (TPSA) is 46.4 Å². The van der Waals surface area contributed by atoms with E-state index in [1.807, 2.05) is 0 Å². The Balaban J connectivity index is 2.59. The van der Waals surface area contributed by atoms with E-state index in [1.165, 1.54) is 0 Å². The van der Waals surface area contributed by atoms with E-state index < -0.39 is 6.17 Å². The highest BCUT2D eigenvalue weighted by Crippen LogP contribution is 2.04. The van der Waals surface area contributed by atoms with Crippen LogP contribution in [0.15, 0.2) is 6.08 Å². The second-order valence-electron chi connectivity index (χ2n) is 1.97. The highest BCUT2D eigenvalue weighted by molar-refractivity contribution is 4.90. The van der Waals surface area contributed by atoms with Crippen molar-refractivity contribution in [1.29, 1.82) is 0 Å². The number of hydrogen-bond acceptors (Lipinski definition) is 3. The molecular weight excluding hydrogens is 120 g/mol. The van der Waals surface area contributed by atoms with Crippen molar-refractivity contribution in [2.24, 2.45) is 0 Å². The fraction of sp³-hybridized carbons (Fsp3) is 0.600. The molecule has 0 fully saturated rings. The van der Waals surface area contributed by atoms with Crippen molar-refractivity contribution in [3.05, 3.63) is 22.3 Å². The van der Waals surface area contributed by atoms with Gasteiger partial charge in [0, 0.05) is 11.5 Å². The lowest BCUT2D eigenvalue weighted by molar-refractivity contribution is -0.534. The first-order chi connectivity index (χ1) is 4.22. The van der Waals surface area contributed by atoms with Gasteiger partial charge in [-0.25, -0.2) is 4.90 Å². The van der Waals surface area contributed by atoms with E-state index >= 15 is 0 Å². The maximum Gasteiger partial charge on any atom is 0.294 e. The summed E-state index contributed by atoms with van der Waals surface area (Å²) in [5.74, 6) is 0. The average molecular weight is 127 g/mol. The third kappa shape index (κ3) is 1.08. The Hall–Kier alpha value is -0.900. The summed E-state index contributed by atoms with van der Waals surface area (Å²) < 4.78 is 0. The minimum absolute atomic E-state index is 0.358. The zero-order valence-electron chi connectivity index (χ0n) is 5.07. The lowest BCUT2D eigenvalue weighted by Crippen LogP contribution is -2.32. The molecular formula is C5H7N2O2. The van der Waals surface area contributed by atoms with Crippen LogP contribution in [0.2, 0.25) is 0 Å². The van der Waals surface area contributed by atoms with E-state index in [0.29, 0.717) is 6.54 Å². The molecule has 9 heavy (non-hydrogen) atoms. The largest absolute Gasteiger partial charge is 0.294 e. The second-order valence-corrected chi connectivity index (χ2v) is 1.97. The standard InChI is InChI=1S/C5H7N2O2/c1-6-4-2-3-5(6)7(8)9/h2,5H,4H2,1H3. The van der Waals surface area contributed by atoms with Gasteiger partial charge in [-0.2, -0.15) is 0 Å². The Morgan fingerprint density at radius 3 is 2.89 bits per heavy atom. The number of likely N-dealkylation sites (N-methyl/N-ethyl adjacent to an activating group) is 1. The van der Waals surface area contributed by atoms with Gasteiger partial charge in [0.05, 0.1) is 6.08 Å². The first-order valence-electron chi connectivity index (χ1n) is 2.63. The van der Waals surface area contributed by atoms with Crippen LogP contribution in [0.1, 0.15) is 0 Å². The molecule has 0 saturated carbocycles. The zero-order chi connectivity index (χ0) is 6.85. The summed E-state index contributed by atoms with van der Waals surface area (Å²) >= 11 is 0. The molecule has 0 saturated heterocycles. The third-order valence-electron chi connectivity index (χ3n) is 1.26. The lowest BCUT2D eigenvalue weighted by Gasteiger charge is -2.09. The van der Waals surface area contributed by atoms with Crippen LogP contribution in [0.5, 0.6) is 0 Å². The van der Waals surface area contributed by atoms with Crippen LogP contribution in [0.3, 0.4) is 0 Å². The van der Waals surface area contributed by atoms with Crippen LogP contribution in [0.4, 0.5) is 0 Å². The van der Waals surface area contributed by atoms with Crippen molar-refractivity contribution in [3.8, 4) is 0 Å². The molecule has 4 nitrogen and oxygen atoms in total. The molecule has 1 rings (SSSR count). The van der Waals surface area contributed by atoms with Gasteiger partial charge in [-0.05, 0) is 7.05 Å². The van der Waals surface area contributed by atoms with E-state index in [1.54, 1.807) is 18.0 Å². The maximum absolute atomic E-state index is 10.1. The zero-order valence-corrected chi connectivity index (χ0v) is 5.07. The fourth-order valence-corrected chi connectivity index (χ4v) is 0.751. The molecule has 0 spiro atoms. The molecule has 1 atom stereocenters. The van der Waals surface area contributed by atoms with E-state index in [4.69, 9.17) is 0 Å². The first kappa shape index (κ1) is 6.22. The monoisotopic (exact) mass is 127 g/mol. The normalized spacial score (nSPS) is 27.0. The highest BCUT2D eigenvalue weighted by Gasteiger charge is 2.25. The molecule has 0 aliphatic carbocycles. The molecule has 4 heteroatoms. The van der Waals surface area contributed by atoms with Crippen LogP contribution < -0.4 is 0 Å². The molecule has 0 aromatic carbocycles. The molecule has 1 aliphatic rings. The van der Waals surface area contributed by atoms with Gasteiger partial charge >= 0.3 is 0 Å². The molecule has 0 aromatic rings. The molecule has 0 amide bonds. The van der Waals surface area contributed by atoms with Crippen LogP contribution >= 0.6 is 0 Å². The maximum atomic E-state index is 10.1. The van der Waals surface area contributed by atoms with Gasteiger partial charge in [0.2, 0.25) is 0 Å². The van der Waals surface area contributed by atoms with Crippen LogP contribution in [0, 0.1) is 16.2 Å². The van der Waals surface area contributed by atoms with Gasteiger partial charge in [-0.15, -0.1) is 0 Å². The third-order valence-corrected chi connectivity index (χ3v) is 1.26. The van der Waals surface area contributed by atoms with Crippen molar-refractivity contribution < 1.29 is 4.92 Å². The van der Waals surface area contributed by atoms with E-state index in [0.717, 1.165) is 0 Å². The van der Waals surface area contributed by atoms with Crippen molar-refractivity contribution in [2.45, 2.75) is 6.17 Å². The van der Waals surface area contributed by atoms with Crippen molar-refractivity contribution >= 4 is 0 Å². The first-order valence-corrected chi connectivity index (χ1v) is 2.63. The average Bonchev–Trinajstić information content (AvgIpc) is 2.13. The molecule has 49 valence electrons. The summed E-state index contributed by atoms with van der Waals surface area (Å²) in [7, 11) is 1.70. The Morgan fingerprint density at radius 2 is 2.67 bits per heavy atom. The smallest absolute Gasteiger partial charge is 0.262 e. The number of hydrogen-bond donors (Lipinski definition) is 0. The summed E-state index contributed by atoms with van der Waals surface area (Å²) in [6.07, 6.45) is 3.56. The van der Waals surface area contributed by atoms with Gasteiger partial charge in [-0.3, -0.25) is 10.1 Å². The lowest BCUT2D eigenvalue weighted by atomic mass is 10.5. The van der Waals surface area contributed by atoms with Crippen molar-refractivity contribution in [3.63, 3.8) is 0 Å². The predicted molar refractivity (Wildman–Crippen MR) is 31.2 cm³/mol. The molecule has 0 N–H and O–H groups in total. The second kappa shape index (κ2) is 2.14. The molecule has 1 radical (unpaired) electrons. The molecule has 0 aromatic heterocycles. The molecule has 1 aliphatic heterocycles. The summed E-state index contributed by atoms with van der Waals surface area (Å²) in [6, 6.07) is 0. The van der Waals surface area contributed by atoms with E-state index in [2.05, 4.69) is 6.08 Å². The minimum atomic E-state index is -0.718. The summed E-state index contributed by atoms with van der Waals surface area (Å²) in [4.78, 5) is 11.3. The molecule has 0 bridgehead atoms. The van der Waals surface area contributed by atoms with Gasteiger partial charge in [-0.1, -0.05) is 6.08 Å². The summed E-state index contributed by atoms with van der Waals surface area (Å²) in [5, 5.41) is 10.1. The van der Waals surface area contributed by atoms with Crippen molar-refractivity contribution in [2.75, 3.05) is 13.6 Å². The Bertz CT molecular complexity index is 155. The predicted octanol–water partition coefficient (Wildman–Crippen LogP) is -0.106. The SMILES string of the molecule is CN1CC=[C]C1[N+](=O)[O-]. The van der Waals surface area contributed by atoms with Crippen LogP contribution in [-0.2, 0) is 0 Å². The van der Waals surface area contributed by atoms with E-state index in [9.17, 15) is 10.1 Å². The van der Waals surface area contributed by atoms with Gasteiger partial charge in [0.25, 0.3) is 6.17 Å². The Labute approximate surface area is 52.9 Å². The highest BCUT2D eigenvalue weighted by atomic mass is 16.6. The summed E-state index contributed by atoms with van der Waals surface area (Å²) in [6.45, 7) is 0.631. The fourth-order valence-electron chi connectivity index (χ4n) is 0.751. The molecule has 1 heterocycles. The summed E-state index contributed by atoms with van der Waals surface area (Å²) in [5.41, 5.74) is 0. The van der Waals surface area contributed by atoms with E-state index in [-0.39, 0.29) is 4.92 Å². The quantitative estimate of drug-likeness (QED) is 0.365. The van der Waals surface area contributed by atoms with Crippen LogP contribution in [0.25, 0.3) is 0 Å². The molecule has 1 unspecified atom stereocenters. The minimum Gasteiger partial charge on any atom is -0.262 e. The van der Waals surface area contributed by atoms with Gasteiger partial charge in [0.1, 0.15) is 0 Å². The van der Waals surface area contributed by atoms with Gasteiger partial charge < -0.3 is 0 Å². The van der Waals surface area contributed by atoms with Gasteiger partial charge in [0.15, 0.2) is 0 Å². The number of rotatable bonds is 1. The number of nitrogens with zero attached hydrogens (tertiary/aromatic N) is 2. The Morgan fingerprint density at radius 1 is 2.00 bits per heavy atom. The van der Waals surface area contributed by atoms with Crippen molar-refractivity contribution in [1.82, 2.24) is 4.90 Å². The number of nitro groups is 1. The van der Waals surface area contributed by atoms with Crippen LogP contribution in [-0.4, -0.2) is 29.6 Å². The Kier molecular flexibility index (Phi) is 1.48.